The number of nitrogens with zero attached hydrogens (tertiary/aromatic N) is 1. The molecule has 0 saturated heterocycles. The van der Waals surface area contributed by atoms with Crippen molar-refractivity contribution >= 4 is 17.4 Å². The lowest BCUT2D eigenvalue weighted by molar-refractivity contribution is 0.0955. The highest BCUT2D eigenvalue weighted by molar-refractivity contribution is 6.13. The maximum atomic E-state index is 13.0. The molecule has 3 rings (SSSR count). The van der Waals surface area contributed by atoms with Crippen LogP contribution in [0.1, 0.15) is 27.1 Å². The summed E-state index contributed by atoms with van der Waals surface area (Å²) in [6.07, 6.45) is 0.257. The van der Waals surface area contributed by atoms with E-state index in [1.54, 1.807) is 23.1 Å². The van der Waals surface area contributed by atoms with Gasteiger partial charge in [-0.05, 0) is 42.5 Å². The molecule has 0 aliphatic carbocycles. The summed E-state index contributed by atoms with van der Waals surface area (Å²) in [5.74, 6) is -0.0883. The van der Waals surface area contributed by atoms with E-state index >= 15 is 0 Å². The van der Waals surface area contributed by atoms with Crippen LogP contribution in [0, 0.1) is 5.82 Å². The minimum absolute atomic E-state index is 0.0166. The molecule has 5 heteroatoms. The summed E-state index contributed by atoms with van der Waals surface area (Å²) in [5.41, 5.74) is 1.42. The molecule has 0 radical (unpaired) electrons. The molecular weight excluding hydrogens is 285 g/mol. The number of anilines is 1. The molecule has 0 fully saturated rings. The number of carbonyl (C=O) groups is 2. The van der Waals surface area contributed by atoms with E-state index < -0.39 is 5.82 Å². The van der Waals surface area contributed by atoms with Gasteiger partial charge in [-0.2, -0.15) is 0 Å². The Bertz CT molecular complexity index is 740. The smallest absolute Gasteiger partial charge is 0.258 e. The normalized spacial score (nSPS) is 13.7. The topological polar surface area (TPSA) is 46.6 Å². The van der Waals surface area contributed by atoms with Crippen LogP contribution in [0.2, 0.25) is 0 Å². The average molecular weight is 299 g/mol. The predicted molar refractivity (Wildman–Crippen MR) is 80.0 cm³/mol. The van der Waals surface area contributed by atoms with E-state index in [4.69, 9.17) is 4.74 Å². The predicted octanol–water partition coefficient (Wildman–Crippen LogP) is 3.07. The largest absolute Gasteiger partial charge is 0.497 e. The van der Waals surface area contributed by atoms with Gasteiger partial charge < -0.3 is 9.64 Å². The summed E-state index contributed by atoms with van der Waals surface area (Å²) < 4.78 is 18.1. The zero-order valence-electron chi connectivity index (χ0n) is 12.0. The first-order valence-corrected chi connectivity index (χ1v) is 6.89. The number of hydrogen-bond acceptors (Lipinski definition) is 3. The summed E-state index contributed by atoms with van der Waals surface area (Å²) in [5, 5.41) is 0. The van der Waals surface area contributed by atoms with Gasteiger partial charge in [0.2, 0.25) is 0 Å². The van der Waals surface area contributed by atoms with Crippen LogP contribution in [-0.4, -0.2) is 25.3 Å². The van der Waals surface area contributed by atoms with Crippen molar-refractivity contribution in [1.82, 2.24) is 0 Å². The number of amides is 1. The minimum Gasteiger partial charge on any atom is -0.497 e. The quantitative estimate of drug-likeness (QED) is 0.856. The van der Waals surface area contributed by atoms with Gasteiger partial charge >= 0.3 is 0 Å². The van der Waals surface area contributed by atoms with Crippen molar-refractivity contribution in [3.63, 3.8) is 0 Å². The van der Waals surface area contributed by atoms with Crippen LogP contribution in [0.4, 0.5) is 10.1 Å². The van der Waals surface area contributed by atoms with E-state index in [-0.39, 0.29) is 18.1 Å². The highest BCUT2D eigenvalue weighted by Crippen LogP contribution is 2.31. The molecule has 1 heterocycles. The Balaban J connectivity index is 1.99. The number of halogens is 1. The lowest BCUT2D eigenvalue weighted by Crippen LogP contribution is -2.37. The Morgan fingerprint density at radius 3 is 2.59 bits per heavy atom. The Hall–Kier alpha value is -2.69. The third-order valence-corrected chi connectivity index (χ3v) is 3.69. The van der Waals surface area contributed by atoms with Crippen molar-refractivity contribution in [2.24, 2.45) is 0 Å². The number of hydrogen-bond donors (Lipinski definition) is 0. The summed E-state index contributed by atoms with van der Waals surface area (Å²) >= 11 is 0. The molecule has 0 unspecified atom stereocenters. The van der Waals surface area contributed by atoms with Gasteiger partial charge in [-0.15, -0.1) is 0 Å². The summed E-state index contributed by atoms with van der Waals surface area (Å²) in [6.45, 7) is 0.314. The number of ether oxygens (including phenoxy) is 1. The molecule has 112 valence electrons. The number of fused-ring (bicyclic) bond motifs is 1. The standard InChI is InChI=1S/C17H14FNO3/c1-22-13-6-7-15-14(10-13)16(20)8-9-19(15)17(21)11-2-4-12(18)5-3-11/h2-7,10H,8-9H2,1H3. The molecule has 0 atom stereocenters. The average Bonchev–Trinajstić information content (AvgIpc) is 2.55. The van der Waals surface area contributed by atoms with Gasteiger partial charge in [-0.1, -0.05) is 0 Å². The molecule has 0 N–H and O–H groups in total. The van der Waals surface area contributed by atoms with Crippen molar-refractivity contribution in [1.29, 1.82) is 0 Å². The van der Waals surface area contributed by atoms with E-state index in [9.17, 15) is 14.0 Å². The highest BCUT2D eigenvalue weighted by atomic mass is 19.1. The van der Waals surface area contributed by atoms with E-state index in [0.29, 0.717) is 29.1 Å². The van der Waals surface area contributed by atoms with E-state index in [2.05, 4.69) is 0 Å². The molecule has 0 saturated carbocycles. The number of Topliss-reactive ketones (excluding diaryl/α,β-unsaturated/α-hetero) is 1. The van der Waals surface area contributed by atoms with E-state index in [1.807, 2.05) is 0 Å². The van der Waals surface area contributed by atoms with Crippen molar-refractivity contribution in [2.45, 2.75) is 6.42 Å². The summed E-state index contributed by atoms with van der Waals surface area (Å²) in [4.78, 5) is 26.2. The SMILES string of the molecule is COc1ccc2c(c1)C(=O)CCN2C(=O)c1ccc(F)cc1. The maximum Gasteiger partial charge on any atom is 0.258 e. The molecule has 4 nitrogen and oxygen atoms in total. The van der Waals surface area contributed by atoms with Gasteiger partial charge in [-0.25, -0.2) is 4.39 Å². The first-order chi connectivity index (χ1) is 10.6. The third-order valence-electron chi connectivity index (χ3n) is 3.69. The molecule has 2 aromatic carbocycles. The zero-order chi connectivity index (χ0) is 15.7. The monoisotopic (exact) mass is 299 g/mol. The van der Waals surface area contributed by atoms with Crippen LogP contribution in [0.5, 0.6) is 5.75 Å². The number of carbonyl (C=O) groups excluding carboxylic acids is 2. The third kappa shape index (κ3) is 2.45. The van der Waals surface area contributed by atoms with Crippen molar-refractivity contribution in [3.05, 3.63) is 59.4 Å². The van der Waals surface area contributed by atoms with Crippen molar-refractivity contribution in [3.8, 4) is 5.75 Å². The first kappa shape index (κ1) is 14.3. The highest BCUT2D eigenvalue weighted by Gasteiger charge is 2.28. The fraction of sp³-hybridized carbons (Fsp3) is 0.176. The molecule has 0 bridgehead atoms. The molecule has 1 aliphatic heterocycles. The molecule has 0 aromatic heterocycles. The lowest BCUT2D eigenvalue weighted by atomic mass is 9.99. The van der Waals surface area contributed by atoms with Gasteiger partial charge in [0.25, 0.3) is 5.91 Å². The summed E-state index contributed by atoms with van der Waals surface area (Å²) in [7, 11) is 1.52. The second kappa shape index (κ2) is 5.60. The minimum atomic E-state index is -0.393. The molecule has 22 heavy (non-hydrogen) atoms. The lowest BCUT2D eigenvalue weighted by Gasteiger charge is -2.29. The van der Waals surface area contributed by atoms with Crippen LogP contribution in [0.25, 0.3) is 0 Å². The fourth-order valence-electron chi connectivity index (χ4n) is 2.53. The van der Waals surface area contributed by atoms with Crippen molar-refractivity contribution < 1.29 is 18.7 Å². The van der Waals surface area contributed by atoms with Gasteiger partial charge in [0.05, 0.1) is 12.8 Å². The Labute approximate surface area is 127 Å². The second-order valence-corrected chi connectivity index (χ2v) is 5.02. The van der Waals surface area contributed by atoms with Crippen LogP contribution >= 0.6 is 0 Å². The molecule has 1 aliphatic rings. The van der Waals surface area contributed by atoms with Crippen molar-refractivity contribution in [2.75, 3.05) is 18.6 Å². The molecule has 1 amide bonds. The first-order valence-electron chi connectivity index (χ1n) is 6.89. The number of benzene rings is 2. The van der Waals surface area contributed by atoms with E-state index in [0.717, 1.165) is 0 Å². The molecular formula is C17H14FNO3. The number of rotatable bonds is 2. The number of ketones is 1. The Kier molecular flexibility index (Phi) is 3.63. The Morgan fingerprint density at radius 2 is 1.91 bits per heavy atom. The summed E-state index contributed by atoms with van der Waals surface area (Å²) in [6, 6.07) is 10.4. The zero-order valence-corrected chi connectivity index (χ0v) is 12.0. The second-order valence-electron chi connectivity index (χ2n) is 5.02. The van der Waals surface area contributed by atoms with Crippen LogP contribution in [-0.2, 0) is 0 Å². The van der Waals surface area contributed by atoms with Gasteiger partial charge in [-0.3, -0.25) is 9.59 Å². The van der Waals surface area contributed by atoms with Gasteiger partial charge in [0.15, 0.2) is 5.78 Å². The van der Waals surface area contributed by atoms with Gasteiger partial charge in [0, 0.05) is 24.1 Å². The molecule has 0 spiro atoms. The van der Waals surface area contributed by atoms with Crippen LogP contribution < -0.4 is 9.64 Å². The Morgan fingerprint density at radius 1 is 1.18 bits per heavy atom. The fourth-order valence-corrected chi connectivity index (χ4v) is 2.53. The molecule has 2 aromatic rings. The van der Waals surface area contributed by atoms with Crippen LogP contribution in [0.15, 0.2) is 42.5 Å². The van der Waals surface area contributed by atoms with Crippen LogP contribution in [0.3, 0.4) is 0 Å². The van der Waals surface area contributed by atoms with Gasteiger partial charge in [0.1, 0.15) is 11.6 Å². The maximum absolute atomic E-state index is 13.0. The van der Waals surface area contributed by atoms with E-state index in [1.165, 1.54) is 31.4 Å². The number of methoxy groups -OCH3 is 1.